The average Bonchev–Trinajstić information content (AvgIpc) is 2.54. The lowest BCUT2D eigenvalue weighted by molar-refractivity contribution is -0.138. The van der Waals surface area contributed by atoms with Crippen molar-refractivity contribution in [2.75, 3.05) is 6.54 Å². The fourth-order valence-electron chi connectivity index (χ4n) is 1.70. The van der Waals surface area contributed by atoms with Crippen LogP contribution in [0.1, 0.15) is 20.7 Å². The Hall–Kier alpha value is -1.73. The predicted molar refractivity (Wildman–Crippen MR) is 65.1 cm³/mol. The van der Waals surface area contributed by atoms with Gasteiger partial charge in [-0.05, 0) is 18.2 Å². The molecule has 1 atom stereocenters. The third-order valence-corrected chi connectivity index (χ3v) is 3.12. The Balaban J connectivity index is 2.31. The van der Waals surface area contributed by atoms with E-state index in [0.29, 0.717) is 4.47 Å². The summed E-state index contributed by atoms with van der Waals surface area (Å²) in [4.78, 5) is 35.4. The second-order valence-electron chi connectivity index (χ2n) is 3.86. The highest BCUT2D eigenvalue weighted by molar-refractivity contribution is 9.10. The lowest BCUT2D eigenvalue weighted by Gasteiger charge is -2.16. The molecule has 1 aliphatic rings. The van der Waals surface area contributed by atoms with Crippen molar-refractivity contribution in [2.45, 2.75) is 6.04 Å². The van der Waals surface area contributed by atoms with Crippen LogP contribution in [0.2, 0.25) is 0 Å². The van der Waals surface area contributed by atoms with Gasteiger partial charge in [0.25, 0.3) is 11.8 Å². The van der Waals surface area contributed by atoms with Crippen LogP contribution < -0.4 is 5.73 Å². The largest absolute Gasteiger partial charge is 0.480 e. The van der Waals surface area contributed by atoms with Crippen molar-refractivity contribution in [1.82, 2.24) is 4.90 Å². The summed E-state index contributed by atoms with van der Waals surface area (Å²) in [6.45, 7) is -0.334. The van der Waals surface area contributed by atoms with Crippen LogP contribution >= 0.6 is 15.9 Å². The van der Waals surface area contributed by atoms with Crippen molar-refractivity contribution in [2.24, 2.45) is 5.73 Å². The zero-order chi connectivity index (χ0) is 13.4. The monoisotopic (exact) mass is 312 g/mol. The molecular weight excluding hydrogens is 304 g/mol. The molecule has 0 saturated heterocycles. The van der Waals surface area contributed by atoms with Gasteiger partial charge in [0.1, 0.15) is 6.04 Å². The molecule has 0 aliphatic carbocycles. The summed E-state index contributed by atoms with van der Waals surface area (Å²) in [5, 5.41) is 8.69. The summed E-state index contributed by atoms with van der Waals surface area (Å²) in [6, 6.07) is 3.41. The number of fused-ring (bicyclic) bond motifs is 1. The summed E-state index contributed by atoms with van der Waals surface area (Å²) in [5.74, 6) is -2.29. The SMILES string of the molecule is NC(CN1C(=O)c2ccc(Br)cc2C1=O)C(=O)O. The van der Waals surface area contributed by atoms with Gasteiger partial charge in [0.2, 0.25) is 0 Å². The number of carbonyl (C=O) groups is 3. The van der Waals surface area contributed by atoms with Crippen LogP contribution in [0.5, 0.6) is 0 Å². The molecule has 0 bridgehead atoms. The van der Waals surface area contributed by atoms with E-state index in [1.165, 1.54) is 12.1 Å². The molecule has 1 aliphatic heterocycles. The third kappa shape index (κ3) is 2.02. The lowest BCUT2D eigenvalue weighted by atomic mass is 10.1. The van der Waals surface area contributed by atoms with Crippen molar-refractivity contribution in [3.05, 3.63) is 33.8 Å². The van der Waals surface area contributed by atoms with Crippen LogP contribution in [0.3, 0.4) is 0 Å². The number of carbonyl (C=O) groups excluding carboxylic acids is 2. The number of amides is 2. The van der Waals surface area contributed by atoms with Gasteiger partial charge in [-0.1, -0.05) is 15.9 Å². The number of hydrogen-bond acceptors (Lipinski definition) is 4. The number of carboxylic acid groups (broad SMARTS) is 1. The van der Waals surface area contributed by atoms with E-state index in [4.69, 9.17) is 10.8 Å². The molecule has 1 aromatic carbocycles. The van der Waals surface area contributed by atoms with Crippen LogP contribution in [-0.4, -0.2) is 40.4 Å². The van der Waals surface area contributed by atoms with Gasteiger partial charge in [0.05, 0.1) is 17.7 Å². The van der Waals surface area contributed by atoms with Gasteiger partial charge in [-0.2, -0.15) is 0 Å². The van der Waals surface area contributed by atoms with Gasteiger partial charge >= 0.3 is 5.97 Å². The number of halogens is 1. The number of hydrogen-bond donors (Lipinski definition) is 2. The van der Waals surface area contributed by atoms with Crippen LogP contribution in [-0.2, 0) is 4.79 Å². The van der Waals surface area contributed by atoms with E-state index in [-0.39, 0.29) is 17.7 Å². The number of nitrogens with two attached hydrogens (primary N) is 1. The zero-order valence-electron chi connectivity index (χ0n) is 9.09. The highest BCUT2D eigenvalue weighted by Gasteiger charge is 2.37. The van der Waals surface area contributed by atoms with Crippen molar-refractivity contribution in [1.29, 1.82) is 0 Å². The van der Waals surface area contributed by atoms with Gasteiger partial charge in [-0.15, -0.1) is 0 Å². The molecule has 0 radical (unpaired) electrons. The minimum atomic E-state index is -1.28. The maximum absolute atomic E-state index is 12.0. The van der Waals surface area contributed by atoms with E-state index < -0.39 is 23.8 Å². The van der Waals surface area contributed by atoms with Crippen LogP contribution in [0.25, 0.3) is 0 Å². The average molecular weight is 313 g/mol. The topological polar surface area (TPSA) is 101 Å². The molecule has 0 aromatic heterocycles. The Bertz CT molecular complexity index is 558. The molecule has 1 heterocycles. The highest BCUT2D eigenvalue weighted by Crippen LogP contribution is 2.25. The minimum absolute atomic E-state index is 0.256. The zero-order valence-corrected chi connectivity index (χ0v) is 10.7. The molecule has 2 amide bonds. The summed E-state index contributed by atoms with van der Waals surface area (Å²) in [7, 11) is 0. The Morgan fingerprint density at radius 2 is 1.94 bits per heavy atom. The Kier molecular flexibility index (Phi) is 3.18. The quantitative estimate of drug-likeness (QED) is 0.790. The van der Waals surface area contributed by atoms with Gasteiger partial charge in [-0.25, -0.2) is 0 Å². The smallest absolute Gasteiger partial charge is 0.322 e. The molecular formula is C11H9BrN2O4. The molecule has 0 fully saturated rings. The molecule has 1 unspecified atom stereocenters. The second kappa shape index (κ2) is 4.51. The normalized spacial score (nSPS) is 15.8. The fourth-order valence-corrected chi connectivity index (χ4v) is 2.06. The van der Waals surface area contributed by atoms with E-state index in [2.05, 4.69) is 15.9 Å². The summed E-state index contributed by atoms with van der Waals surface area (Å²) in [6.07, 6.45) is 0. The molecule has 1 aromatic rings. The standard InChI is InChI=1S/C11H9BrN2O4/c12-5-1-2-6-7(3-5)10(16)14(9(6)15)4-8(13)11(17)18/h1-3,8H,4,13H2,(H,17,18). The maximum Gasteiger partial charge on any atom is 0.322 e. The number of benzene rings is 1. The maximum atomic E-state index is 12.0. The third-order valence-electron chi connectivity index (χ3n) is 2.63. The van der Waals surface area contributed by atoms with Crippen LogP contribution in [0, 0.1) is 0 Å². The van der Waals surface area contributed by atoms with Gasteiger partial charge in [0, 0.05) is 4.47 Å². The van der Waals surface area contributed by atoms with E-state index in [1.54, 1.807) is 6.07 Å². The molecule has 7 heteroatoms. The molecule has 0 saturated carbocycles. The Labute approximate surface area is 110 Å². The van der Waals surface area contributed by atoms with Gasteiger partial charge in [0.15, 0.2) is 0 Å². The molecule has 2 rings (SSSR count). The lowest BCUT2D eigenvalue weighted by Crippen LogP contribution is -2.45. The molecule has 94 valence electrons. The number of rotatable bonds is 3. The molecule has 0 spiro atoms. The fraction of sp³-hybridized carbons (Fsp3) is 0.182. The van der Waals surface area contributed by atoms with Crippen LogP contribution in [0.4, 0.5) is 0 Å². The summed E-state index contributed by atoms with van der Waals surface area (Å²) >= 11 is 3.21. The first-order valence-corrected chi connectivity index (χ1v) is 5.85. The number of nitrogens with zero attached hydrogens (tertiary/aromatic N) is 1. The van der Waals surface area contributed by atoms with Crippen molar-refractivity contribution >= 4 is 33.7 Å². The molecule has 18 heavy (non-hydrogen) atoms. The van der Waals surface area contributed by atoms with Gasteiger partial charge in [-0.3, -0.25) is 19.3 Å². The first-order chi connectivity index (χ1) is 8.41. The first-order valence-electron chi connectivity index (χ1n) is 5.06. The van der Waals surface area contributed by atoms with Gasteiger partial charge < -0.3 is 10.8 Å². The van der Waals surface area contributed by atoms with Crippen molar-refractivity contribution < 1.29 is 19.5 Å². The van der Waals surface area contributed by atoms with Crippen molar-refractivity contribution in [3.63, 3.8) is 0 Å². The first kappa shape index (κ1) is 12.7. The Morgan fingerprint density at radius 1 is 1.33 bits per heavy atom. The minimum Gasteiger partial charge on any atom is -0.480 e. The van der Waals surface area contributed by atoms with E-state index in [0.717, 1.165) is 4.90 Å². The summed E-state index contributed by atoms with van der Waals surface area (Å²) in [5.41, 5.74) is 5.85. The number of aliphatic carboxylic acids is 1. The van der Waals surface area contributed by atoms with Crippen LogP contribution in [0.15, 0.2) is 22.7 Å². The predicted octanol–water partition coefficient (Wildman–Crippen LogP) is 0.457. The van der Waals surface area contributed by atoms with E-state index in [9.17, 15) is 14.4 Å². The van der Waals surface area contributed by atoms with Crippen molar-refractivity contribution in [3.8, 4) is 0 Å². The number of carboxylic acids is 1. The second-order valence-corrected chi connectivity index (χ2v) is 4.77. The van der Waals surface area contributed by atoms with E-state index in [1.807, 2.05) is 0 Å². The molecule has 3 N–H and O–H groups in total. The van der Waals surface area contributed by atoms with E-state index >= 15 is 0 Å². The number of imide groups is 1. The summed E-state index contributed by atoms with van der Waals surface area (Å²) < 4.78 is 0.673. The Morgan fingerprint density at radius 3 is 2.56 bits per heavy atom. The molecule has 6 nitrogen and oxygen atoms in total. The highest BCUT2D eigenvalue weighted by atomic mass is 79.9.